The Labute approximate surface area is 163 Å². The molecule has 3 heterocycles. The van der Waals surface area contributed by atoms with Gasteiger partial charge in [0.15, 0.2) is 0 Å². The highest BCUT2D eigenvalue weighted by Crippen LogP contribution is 2.39. The summed E-state index contributed by atoms with van der Waals surface area (Å²) in [6, 6.07) is 10.1. The van der Waals surface area contributed by atoms with Gasteiger partial charge in [-0.3, -0.25) is 14.6 Å². The first-order chi connectivity index (χ1) is 13.6. The number of likely N-dealkylation sites (tertiary alicyclic amines) is 1. The van der Waals surface area contributed by atoms with E-state index in [9.17, 15) is 14.7 Å². The molecule has 2 fully saturated rings. The number of ketones is 1. The third-order valence-electron chi connectivity index (χ3n) is 5.29. The van der Waals surface area contributed by atoms with Crippen LogP contribution in [0, 0.1) is 6.92 Å². The number of aliphatic hydroxyl groups excluding tert-OH is 1. The molecule has 2 aliphatic heterocycles. The molecule has 2 aromatic rings. The number of aryl methyl sites for hydroxylation is 1. The fourth-order valence-corrected chi connectivity index (χ4v) is 3.83. The number of rotatable bonds is 4. The topological polar surface area (TPSA) is 79.7 Å². The number of pyridine rings is 1. The zero-order valence-corrected chi connectivity index (χ0v) is 15.7. The van der Waals surface area contributed by atoms with Crippen molar-refractivity contribution in [1.29, 1.82) is 0 Å². The van der Waals surface area contributed by atoms with Gasteiger partial charge in [-0.2, -0.15) is 0 Å². The van der Waals surface area contributed by atoms with Crippen LogP contribution >= 0.6 is 0 Å². The van der Waals surface area contributed by atoms with Crippen molar-refractivity contribution in [3.05, 3.63) is 71.1 Å². The van der Waals surface area contributed by atoms with Gasteiger partial charge in [0.2, 0.25) is 0 Å². The van der Waals surface area contributed by atoms with Gasteiger partial charge in [0.1, 0.15) is 5.76 Å². The third kappa shape index (κ3) is 3.31. The lowest BCUT2D eigenvalue weighted by Crippen LogP contribution is -2.36. The van der Waals surface area contributed by atoms with Crippen molar-refractivity contribution in [2.45, 2.75) is 31.9 Å². The number of carbonyl (C=O) groups is 2. The minimum absolute atomic E-state index is 0.0971. The largest absolute Gasteiger partial charge is 0.507 e. The normalized spacial score (nSPS) is 24.1. The molecular weight excluding hydrogens is 356 g/mol. The summed E-state index contributed by atoms with van der Waals surface area (Å²) in [6.07, 6.45) is 4.95. The molecule has 0 bridgehead atoms. The summed E-state index contributed by atoms with van der Waals surface area (Å²) in [5, 5.41) is 10.9. The number of ether oxygens (including phenoxy) is 1. The second-order valence-corrected chi connectivity index (χ2v) is 7.24. The maximum Gasteiger partial charge on any atom is 0.295 e. The van der Waals surface area contributed by atoms with Gasteiger partial charge in [-0.15, -0.1) is 0 Å². The monoisotopic (exact) mass is 378 g/mol. The van der Waals surface area contributed by atoms with Crippen LogP contribution in [0.2, 0.25) is 0 Å². The molecule has 1 aromatic heterocycles. The van der Waals surface area contributed by atoms with Crippen LogP contribution in [-0.2, 0) is 14.3 Å². The number of carbonyl (C=O) groups excluding carboxylic acids is 2. The molecule has 2 unspecified atom stereocenters. The van der Waals surface area contributed by atoms with Crippen molar-refractivity contribution in [3.8, 4) is 0 Å². The van der Waals surface area contributed by atoms with Gasteiger partial charge in [0, 0.05) is 31.1 Å². The van der Waals surface area contributed by atoms with E-state index in [1.165, 1.54) is 4.90 Å². The van der Waals surface area contributed by atoms with Crippen molar-refractivity contribution in [1.82, 2.24) is 9.88 Å². The zero-order chi connectivity index (χ0) is 19.7. The number of aliphatic hydroxyl groups is 1. The first kappa shape index (κ1) is 18.4. The molecule has 1 amide bonds. The number of hydrogen-bond acceptors (Lipinski definition) is 5. The molecular formula is C22H22N2O4. The Morgan fingerprint density at radius 1 is 1.25 bits per heavy atom. The number of Topliss-reactive ketones (excluding diaryl/α,β-unsaturated/α-hetero) is 1. The van der Waals surface area contributed by atoms with Crippen LogP contribution in [0.3, 0.4) is 0 Å². The van der Waals surface area contributed by atoms with Crippen molar-refractivity contribution in [2.75, 3.05) is 13.2 Å². The van der Waals surface area contributed by atoms with Gasteiger partial charge in [-0.05, 0) is 31.4 Å². The summed E-state index contributed by atoms with van der Waals surface area (Å²) >= 11 is 0. The van der Waals surface area contributed by atoms with E-state index < -0.39 is 17.7 Å². The summed E-state index contributed by atoms with van der Waals surface area (Å²) in [4.78, 5) is 31.4. The second kappa shape index (κ2) is 7.56. The molecule has 0 saturated carbocycles. The van der Waals surface area contributed by atoms with Crippen molar-refractivity contribution >= 4 is 17.4 Å². The smallest absolute Gasteiger partial charge is 0.295 e. The Morgan fingerprint density at radius 2 is 2.04 bits per heavy atom. The quantitative estimate of drug-likeness (QED) is 0.503. The average Bonchev–Trinajstić information content (AvgIpc) is 3.31. The van der Waals surface area contributed by atoms with Crippen LogP contribution in [0.4, 0.5) is 0 Å². The number of benzene rings is 1. The molecule has 1 N–H and O–H groups in total. The molecule has 144 valence electrons. The van der Waals surface area contributed by atoms with Crippen molar-refractivity contribution < 1.29 is 19.4 Å². The number of amides is 1. The SMILES string of the molecule is Cc1ccc(/C(O)=C2/C(=O)C(=O)N(CC3CCCO3)C2c2cccnc2)cc1. The molecule has 0 radical (unpaired) electrons. The summed E-state index contributed by atoms with van der Waals surface area (Å²) in [5.74, 6) is -1.45. The third-order valence-corrected chi connectivity index (χ3v) is 5.29. The summed E-state index contributed by atoms with van der Waals surface area (Å²) < 4.78 is 5.68. The highest BCUT2D eigenvalue weighted by atomic mass is 16.5. The predicted molar refractivity (Wildman–Crippen MR) is 103 cm³/mol. The standard InChI is InChI=1S/C22H22N2O4/c1-14-6-8-15(9-7-14)20(25)18-19(16-4-2-10-23-12-16)24(22(27)21(18)26)13-17-5-3-11-28-17/h2,4,6-10,12,17,19,25H,3,5,11,13H2,1H3/b20-18-. The van der Waals surface area contributed by atoms with Gasteiger partial charge in [-0.25, -0.2) is 0 Å². The molecule has 6 heteroatoms. The Bertz CT molecular complexity index is 915. The van der Waals surface area contributed by atoms with Crippen LogP contribution in [0.25, 0.3) is 5.76 Å². The van der Waals surface area contributed by atoms with Crippen molar-refractivity contribution in [3.63, 3.8) is 0 Å². The molecule has 2 saturated heterocycles. The maximum atomic E-state index is 12.9. The highest BCUT2D eigenvalue weighted by Gasteiger charge is 2.47. The van der Waals surface area contributed by atoms with Gasteiger partial charge in [0.05, 0.1) is 17.7 Å². The first-order valence-electron chi connectivity index (χ1n) is 9.43. The Kier molecular flexibility index (Phi) is 4.96. The van der Waals surface area contributed by atoms with Crippen LogP contribution in [-0.4, -0.2) is 45.9 Å². The molecule has 28 heavy (non-hydrogen) atoms. The number of hydrogen-bond donors (Lipinski definition) is 1. The van der Waals surface area contributed by atoms with E-state index in [-0.39, 0.29) is 17.4 Å². The predicted octanol–water partition coefficient (Wildman–Crippen LogP) is 2.99. The Balaban J connectivity index is 1.80. The molecule has 2 atom stereocenters. The summed E-state index contributed by atoms with van der Waals surface area (Å²) in [6.45, 7) is 2.92. The maximum absolute atomic E-state index is 12.9. The first-order valence-corrected chi connectivity index (χ1v) is 9.43. The van der Waals surface area contributed by atoms with E-state index in [1.807, 2.05) is 25.1 Å². The lowest BCUT2D eigenvalue weighted by Gasteiger charge is -2.27. The summed E-state index contributed by atoms with van der Waals surface area (Å²) in [7, 11) is 0. The highest BCUT2D eigenvalue weighted by molar-refractivity contribution is 6.46. The van der Waals surface area contributed by atoms with Gasteiger partial charge in [0.25, 0.3) is 11.7 Å². The number of nitrogens with zero attached hydrogens (tertiary/aromatic N) is 2. The number of aromatic nitrogens is 1. The van der Waals surface area contributed by atoms with E-state index in [0.29, 0.717) is 24.3 Å². The molecule has 1 aromatic carbocycles. The van der Waals surface area contributed by atoms with E-state index in [0.717, 1.165) is 18.4 Å². The van der Waals surface area contributed by atoms with E-state index in [1.54, 1.807) is 30.6 Å². The van der Waals surface area contributed by atoms with Gasteiger partial charge in [-0.1, -0.05) is 35.9 Å². The Morgan fingerprint density at radius 3 is 2.68 bits per heavy atom. The zero-order valence-electron chi connectivity index (χ0n) is 15.7. The van der Waals surface area contributed by atoms with Crippen LogP contribution < -0.4 is 0 Å². The van der Waals surface area contributed by atoms with Gasteiger partial charge >= 0.3 is 0 Å². The minimum atomic E-state index is -0.681. The van der Waals surface area contributed by atoms with Crippen molar-refractivity contribution in [2.24, 2.45) is 0 Å². The van der Waals surface area contributed by atoms with Crippen LogP contribution in [0.15, 0.2) is 54.4 Å². The molecule has 4 rings (SSSR count). The molecule has 0 aliphatic carbocycles. The van der Waals surface area contributed by atoms with E-state index >= 15 is 0 Å². The fourth-order valence-electron chi connectivity index (χ4n) is 3.83. The average molecular weight is 378 g/mol. The fraction of sp³-hybridized carbons (Fsp3) is 0.318. The molecule has 2 aliphatic rings. The Hall–Kier alpha value is -2.99. The van der Waals surface area contributed by atoms with Gasteiger partial charge < -0.3 is 14.7 Å². The van der Waals surface area contributed by atoms with Crippen LogP contribution in [0.5, 0.6) is 0 Å². The molecule has 0 spiro atoms. The minimum Gasteiger partial charge on any atom is -0.507 e. The lowest BCUT2D eigenvalue weighted by atomic mass is 9.96. The lowest BCUT2D eigenvalue weighted by molar-refractivity contribution is -0.140. The van der Waals surface area contributed by atoms with E-state index in [2.05, 4.69) is 4.98 Å². The molecule has 6 nitrogen and oxygen atoms in total. The second-order valence-electron chi connectivity index (χ2n) is 7.24. The van der Waals surface area contributed by atoms with Crippen LogP contribution in [0.1, 0.15) is 35.6 Å². The summed E-state index contributed by atoms with van der Waals surface area (Å²) in [5.41, 5.74) is 2.34. The van der Waals surface area contributed by atoms with E-state index in [4.69, 9.17) is 4.74 Å².